The highest BCUT2D eigenvalue weighted by molar-refractivity contribution is 5.99. The van der Waals surface area contributed by atoms with Crippen molar-refractivity contribution in [3.8, 4) is 0 Å². The molecule has 1 heterocycles. The second-order valence-electron chi connectivity index (χ2n) is 2.24. The van der Waals surface area contributed by atoms with Gasteiger partial charge in [-0.1, -0.05) is 0 Å². The molecule has 0 bridgehead atoms. The fourth-order valence-electron chi connectivity index (χ4n) is 0.753. The molecule has 0 aliphatic heterocycles. The van der Waals surface area contributed by atoms with Gasteiger partial charge in [-0.25, -0.2) is 0 Å². The van der Waals surface area contributed by atoms with E-state index in [9.17, 15) is 22.8 Å². The molecule has 0 aromatic carbocycles. The predicted molar refractivity (Wildman–Crippen MR) is 37.4 cm³/mol. The second-order valence-corrected chi connectivity index (χ2v) is 2.24. The van der Waals surface area contributed by atoms with Gasteiger partial charge in [-0.3, -0.25) is 9.59 Å². The number of carbonyl (C=O) groups is 1. The van der Waals surface area contributed by atoms with Crippen molar-refractivity contribution in [1.29, 1.82) is 0 Å². The van der Waals surface area contributed by atoms with Crippen LogP contribution in [0, 0.1) is 0 Å². The molecular formula is C7H4F3NO2. The quantitative estimate of drug-likeness (QED) is 0.676. The van der Waals surface area contributed by atoms with E-state index in [1.165, 1.54) is 0 Å². The van der Waals surface area contributed by atoms with Gasteiger partial charge in [0, 0.05) is 6.20 Å². The van der Waals surface area contributed by atoms with Crippen molar-refractivity contribution < 1.29 is 18.0 Å². The highest BCUT2D eigenvalue weighted by Crippen LogP contribution is 2.19. The highest BCUT2D eigenvalue weighted by Gasteiger charge is 2.40. The molecule has 0 fully saturated rings. The number of rotatable bonds is 1. The topological polar surface area (TPSA) is 49.9 Å². The molecule has 13 heavy (non-hydrogen) atoms. The third-order valence-corrected chi connectivity index (χ3v) is 1.32. The molecule has 0 aliphatic rings. The van der Waals surface area contributed by atoms with Crippen LogP contribution in [0.5, 0.6) is 0 Å². The van der Waals surface area contributed by atoms with Gasteiger partial charge in [0.25, 0.3) is 11.3 Å². The maximum Gasteiger partial charge on any atom is 0.455 e. The summed E-state index contributed by atoms with van der Waals surface area (Å²) >= 11 is 0. The Labute approximate surface area is 70.2 Å². The number of nitrogens with one attached hydrogen (secondary N) is 1. The summed E-state index contributed by atoms with van der Waals surface area (Å²) in [5.41, 5.74) is -1.93. The van der Waals surface area contributed by atoms with E-state index < -0.39 is 23.1 Å². The standard InChI is InChI=1S/C7H4F3NO2/c8-7(9,10)5(12)4-2-1-3-11-6(4)13/h1-3H,(H,11,13). The Morgan fingerprint density at radius 3 is 2.46 bits per heavy atom. The number of aromatic nitrogens is 1. The van der Waals surface area contributed by atoms with Crippen molar-refractivity contribution in [1.82, 2.24) is 4.98 Å². The zero-order chi connectivity index (χ0) is 10.1. The predicted octanol–water partition coefficient (Wildman–Crippen LogP) is 1.12. The van der Waals surface area contributed by atoms with Gasteiger partial charge in [-0.15, -0.1) is 0 Å². The Balaban J connectivity index is 3.18. The van der Waals surface area contributed by atoms with Crippen LogP contribution in [0.2, 0.25) is 0 Å². The third kappa shape index (κ3) is 1.95. The number of H-pyrrole nitrogens is 1. The molecule has 0 saturated heterocycles. The molecule has 3 nitrogen and oxygen atoms in total. The van der Waals surface area contributed by atoms with E-state index >= 15 is 0 Å². The molecule has 0 amide bonds. The number of carbonyl (C=O) groups excluding carboxylic acids is 1. The number of halogens is 3. The first-order chi connectivity index (χ1) is 5.93. The van der Waals surface area contributed by atoms with E-state index in [-0.39, 0.29) is 0 Å². The van der Waals surface area contributed by atoms with E-state index in [2.05, 4.69) is 0 Å². The molecule has 1 N–H and O–H groups in total. The van der Waals surface area contributed by atoms with E-state index in [0.717, 1.165) is 18.3 Å². The van der Waals surface area contributed by atoms with Crippen LogP contribution in [0.1, 0.15) is 10.4 Å². The van der Waals surface area contributed by atoms with Gasteiger partial charge in [0.05, 0.1) is 5.56 Å². The molecule has 0 spiro atoms. The van der Waals surface area contributed by atoms with Crippen LogP contribution >= 0.6 is 0 Å². The van der Waals surface area contributed by atoms with Gasteiger partial charge >= 0.3 is 6.18 Å². The van der Waals surface area contributed by atoms with E-state index in [4.69, 9.17) is 0 Å². The molecule has 0 radical (unpaired) electrons. The largest absolute Gasteiger partial charge is 0.455 e. The molecule has 70 valence electrons. The maximum absolute atomic E-state index is 11.8. The van der Waals surface area contributed by atoms with Gasteiger partial charge in [0.2, 0.25) is 0 Å². The second kappa shape index (κ2) is 3.04. The smallest absolute Gasteiger partial charge is 0.328 e. The summed E-state index contributed by atoms with van der Waals surface area (Å²) in [6.07, 6.45) is -3.86. The molecule has 0 unspecified atom stereocenters. The monoisotopic (exact) mass is 191 g/mol. The SMILES string of the molecule is O=C(c1ccc[nH]c1=O)C(F)(F)F. The molecule has 0 atom stereocenters. The van der Waals surface area contributed by atoms with Crippen molar-refractivity contribution >= 4 is 5.78 Å². The van der Waals surface area contributed by atoms with Crippen molar-refractivity contribution in [3.05, 3.63) is 34.2 Å². The molecule has 1 aromatic heterocycles. The lowest BCUT2D eigenvalue weighted by atomic mass is 10.2. The first-order valence-electron chi connectivity index (χ1n) is 3.22. The minimum Gasteiger partial charge on any atom is -0.328 e. The van der Waals surface area contributed by atoms with Crippen LogP contribution < -0.4 is 5.56 Å². The van der Waals surface area contributed by atoms with Crippen LogP contribution in [-0.4, -0.2) is 16.9 Å². The van der Waals surface area contributed by atoms with Crippen LogP contribution in [0.15, 0.2) is 23.1 Å². The molecule has 1 aromatic rings. The molecule has 0 saturated carbocycles. The molecule has 6 heteroatoms. The van der Waals surface area contributed by atoms with E-state index in [0.29, 0.717) is 0 Å². The average molecular weight is 191 g/mol. The van der Waals surface area contributed by atoms with Crippen molar-refractivity contribution in [3.63, 3.8) is 0 Å². The van der Waals surface area contributed by atoms with Gasteiger partial charge in [0.1, 0.15) is 0 Å². The van der Waals surface area contributed by atoms with Gasteiger partial charge in [-0.05, 0) is 12.1 Å². The number of ketones is 1. The van der Waals surface area contributed by atoms with Crippen molar-refractivity contribution in [2.45, 2.75) is 6.18 Å². The number of hydrogen-bond acceptors (Lipinski definition) is 2. The summed E-state index contributed by atoms with van der Waals surface area (Å²) in [6, 6.07) is 1.98. The lowest BCUT2D eigenvalue weighted by Gasteiger charge is -2.02. The minimum absolute atomic E-state index is 0.828. The van der Waals surface area contributed by atoms with Gasteiger partial charge in [-0.2, -0.15) is 13.2 Å². The first-order valence-corrected chi connectivity index (χ1v) is 3.22. The zero-order valence-electron chi connectivity index (χ0n) is 6.18. The number of aromatic amines is 1. The van der Waals surface area contributed by atoms with Crippen LogP contribution in [0.4, 0.5) is 13.2 Å². The number of alkyl halides is 3. The lowest BCUT2D eigenvalue weighted by molar-refractivity contribution is -0.0886. The van der Waals surface area contributed by atoms with Gasteiger partial charge < -0.3 is 4.98 Å². The lowest BCUT2D eigenvalue weighted by Crippen LogP contribution is -2.28. The number of pyridine rings is 1. The summed E-state index contributed by atoms with van der Waals surface area (Å²) in [6.45, 7) is 0. The van der Waals surface area contributed by atoms with Crippen molar-refractivity contribution in [2.24, 2.45) is 0 Å². The third-order valence-electron chi connectivity index (χ3n) is 1.32. The molecular weight excluding hydrogens is 187 g/mol. The fraction of sp³-hybridized carbons (Fsp3) is 0.143. The van der Waals surface area contributed by atoms with Gasteiger partial charge in [0.15, 0.2) is 0 Å². The van der Waals surface area contributed by atoms with Crippen LogP contribution in [-0.2, 0) is 0 Å². The maximum atomic E-state index is 11.8. The minimum atomic E-state index is -5.01. The molecule has 0 aliphatic carbocycles. The summed E-state index contributed by atoms with van der Waals surface area (Å²) in [5.74, 6) is -2.13. The Bertz CT molecular complexity index is 380. The molecule has 1 rings (SSSR count). The summed E-state index contributed by atoms with van der Waals surface area (Å²) < 4.78 is 35.4. The summed E-state index contributed by atoms with van der Waals surface area (Å²) in [7, 11) is 0. The Morgan fingerprint density at radius 2 is 2.00 bits per heavy atom. The van der Waals surface area contributed by atoms with Crippen molar-refractivity contribution in [2.75, 3.05) is 0 Å². The first kappa shape index (κ1) is 9.50. The summed E-state index contributed by atoms with van der Waals surface area (Å²) in [5, 5.41) is 0. The zero-order valence-corrected chi connectivity index (χ0v) is 6.18. The van der Waals surface area contributed by atoms with E-state index in [1.807, 2.05) is 4.98 Å². The Morgan fingerprint density at radius 1 is 1.38 bits per heavy atom. The van der Waals surface area contributed by atoms with E-state index in [1.54, 1.807) is 0 Å². The van der Waals surface area contributed by atoms with Crippen LogP contribution in [0.3, 0.4) is 0 Å². The Hall–Kier alpha value is -1.59. The highest BCUT2D eigenvalue weighted by atomic mass is 19.4. The van der Waals surface area contributed by atoms with Crippen LogP contribution in [0.25, 0.3) is 0 Å². The Kier molecular flexibility index (Phi) is 2.22. The average Bonchev–Trinajstić information content (AvgIpc) is 2.02. The normalized spacial score (nSPS) is 11.3. The number of Topliss-reactive ketones (excluding diaryl/α,β-unsaturated/α-hetero) is 1. The number of hydrogen-bond donors (Lipinski definition) is 1. The summed E-state index contributed by atoms with van der Waals surface area (Å²) in [4.78, 5) is 23.2. The fourth-order valence-corrected chi connectivity index (χ4v) is 0.753.